The molecule has 0 aromatic heterocycles. The summed E-state index contributed by atoms with van der Waals surface area (Å²) in [5.74, 6) is -1.12. The molecular formula is C16H19FN2O3. The van der Waals surface area contributed by atoms with Gasteiger partial charge < -0.3 is 15.3 Å². The molecule has 1 aliphatic carbocycles. The minimum atomic E-state index is -0.803. The monoisotopic (exact) mass is 306 g/mol. The number of carbonyl (C=O) groups excluding carboxylic acids is 1. The van der Waals surface area contributed by atoms with Gasteiger partial charge in [-0.15, -0.1) is 0 Å². The highest BCUT2D eigenvalue weighted by Gasteiger charge is 2.55. The Morgan fingerprint density at radius 3 is 2.86 bits per heavy atom. The van der Waals surface area contributed by atoms with Crippen LogP contribution in [-0.4, -0.2) is 35.1 Å². The van der Waals surface area contributed by atoms with E-state index < -0.39 is 11.4 Å². The van der Waals surface area contributed by atoms with Crippen LogP contribution < -0.4 is 5.32 Å². The SMILES string of the molecule is Cc1cc(F)ccc1NC(=O)N1C[C@@H]2CCC[C@@]2(C(=O)O)C1. The average Bonchev–Trinajstić information content (AvgIpc) is 2.99. The summed E-state index contributed by atoms with van der Waals surface area (Å²) in [6.45, 7) is 2.44. The van der Waals surface area contributed by atoms with Gasteiger partial charge in [-0.1, -0.05) is 6.42 Å². The lowest BCUT2D eigenvalue weighted by Crippen LogP contribution is -2.38. The van der Waals surface area contributed by atoms with Crippen molar-refractivity contribution in [1.29, 1.82) is 0 Å². The van der Waals surface area contributed by atoms with E-state index in [0.29, 0.717) is 24.2 Å². The number of benzene rings is 1. The van der Waals surface area contributed by atoms with E-state index in [1.54, 1.807) is 11.8 Å². The fourth-order valence-electron chi connectivity index (χ4n) is 3.76. The number of likely N-dealkylation sites (tertiary alicyclic amines) is 1. The van der Waals surface area contributed by atoms with Crippen molar-refractivity contribution in [2.75, 3.05) is 18.4 Å². The summed E-state index contributed by atoms with van der Waals surface area (Å²) in [5, 5.41) is 12.3. The quantitative estimate of drug-likeness (QED) is 0.882. The Hall–Kier alpha value is -2.11. The second-order valence-corrected chi connectivity index (χ2v) is 6.32. The number of carboxylic acids is 1. The van der Waals surface area contributed by atoms with Gasteiger partial charge in [-0.25, -0.2) is 9.18 Å². The van der Waals surface area contributed by atoms with E-state index in [-0.39, 0.29) is 24.3 Å². The molecule has 0 spiro atoms. The van der Waals surface area contributed by atoms with Gasteiger partial charge in [0.05, 0.1) is 5.41 Å². The van der Waals surface area contributed by atoms with Gasteiger partial charge in [0.1, 0.15) is 5.82 Å². The van der Waals surface area contributed by atoms with Gasteiger partial charge in [0.15, 0.2) is 0 Å². The number of halogens is 1. The van der Waals surface area contributed by atoms with Gasteiger partial charge >= 0.3 is 12.0 Å². The lowest BCUT2D eigenvalue weighted by Gasteiger charge is -2.23. The van der Waals surface area contributed by atoms with Gasteiger partial charge in [-0.3, -0.25) is 4.79 Å². The van der Waals surface area contributed by atoms with Crippen molar-refractivity contribution in [2.24, 2.45) is 11.3 Å². The molecule has 22 heavy (non-hydrogen) atoms. The number of anilines is 1. The molecule has 3 rings (SSSR count). The van der Waals surface area contributed by atoms with Crippen molar-refractivity contribution >= 4 is 17.7 Å². The molecule has 0 unspecified atom stereocenters. The lowest BCUT2D eigenvalue weighted by atomic mass is 9.81. The van der Waals surface area contributed by atoms with Gasteiger partial charge in [-0.2, -0.15) is 0 Å². The number of amides is 2. The zero-order valence-corrected chi connectivity index (χ0v) is 12.4. The summed E-state index contributed by atoms with van der Waals surface area (Å²) in [5.41, 5.74) is 0.406. The predicted octanol–water partition coefficient (Wildman–Crippen LogP) is 2.85. The minimum absolute atomic E-state index is 0.0325. The van der Waals surface area contributed by atoms with Gasteiger partial charge in [0, 0.05) is 18.8 Å². The van der Waals surface area contributed by atoms with E-state index in [0.717, 1.165) is 12.8 Å². The standard InChI is InChI=1S/C16H19FN2O3/c1-10-7-12(17)4-5-13(10)18-15(22)19-8-11-3-2-6-16(11,9-19)14(20)21/h4-5,7,11H,2-3,6,8-9H2,1H3,(H,18,22)(H,20,21)/t11-,16+/m0/s1. The van der Waals surface area contributed by atoms with Crippen LogP contribution in [0.1, 0.15) is 24.8 Å². The lowest BCUT2D eigenvalue weighted by molar-refractivity contribution is -0.149. The third-order valence-electron chi connectivity index (χ3n) is 5.01. The number of aryl methyl sites for hydroxylation is 1. The van der Waals surface area contributed by atoms with Crippen LogP contribution in [0, 0.1) is 24.1 Å². The Morgan fingerprint density at radius 1 is 1.45 bits per heavy atom. The third kappa shape index (κ3) is 2.32. The molecule has 0 bridgehead atoms. The maximum absolute atomic E-state index is 13.1. The zero-order chi connectivity index (χ0) is 15.9. The van der Waals surface area contributed by atoms with Crippen molar-refractivity contribution in [3.05, 3.63) is 29.6 Å². The van der Waals surface area contributed by atoms with Crippen molar-refractivity contribution in [2.45, 2.75) is 26.2 Å². The van der Waals surface area contributed by atoms with E-state index in [2.05, 4.69) is 5.32 Å². The number of aliphatic carboxylic acids is 1. The average molecular weight is 306 g/mol. The molecule has 1 saturated heterocycles. The van der Waals surface area contributed by atoms with Crippen LogP contribution in [0.25, 0.3) is 0 Å². The van der Waals surface area contributed by atoms with E-state index in [4.69, 9.17) is 0 Å². The number of urea groups is 1. The van der Waals surface area contributed by atoms with Crippen LogP contribution in [0.2, 0.25) is 0 Å². The molecule has 2 fully saturated rings. The van der Waals surface area contributed by atoms with Crippen LogP contribution in [0.15, 0.2) is 18.2 Å². The topological polar surface area (TPSA) is 69.6 Å². The highest BCUT2D eigenvalue weighted by atomic mass is 19.1. The summed E-state index contributed by atoms with van der Waals surface area (Å²) >= 11 is 0. The summed E-state index contributed by atoms with van der Waals surface area (Å²) in [6.07, 6.45) is 2.39. The van der Waals surface area contributed by atoms with Crippen LogP contribution in [0.5, 0.6) is 0 Å². The maximum Gasteiger partial charge on any atom is 0.321 e. The number of hydrogen-bond acceptors (Lipinski definition) is 2. The number of hydrogen-bond donors (Lipinski definition) is 2. The first-order chi connectivity index (χ1) is 10.4. The second kappa shape index (κ2) is 5.26. The summed E-state index contributed by atoms with van der Waals surface area (Å²) in [4.78, 5) is 25.6. The molecule has 1 aromatic rings. The first-order valence-electron chi connectivity index (χ1n) is 7.48. The molecule has 2 atom stereocenters. The number of nitrogens with zero attached hydrogens (tertiary/aromatic N) is 1. The van der Waals surface area contributed by atoms with Crippen LogP contribution in [0.4, 0.5) is 14.9 Å². The highest BCUT2D eigenvalue weighted by Crippen LogP contribution is 2.48. The molecule has 1 aromatic carbocycles. The maximum atomic E-state index is 13.1. The van der Waals surface area contributed by atoms with Crippen molar-refractivity contribution in [3.8, 4) is 0 Å². The molecule has 1 aliphatic heterocycles. The van der Waals surface area contributed by atoms with Crippen molar-refractivity contribution < 1.29 is 19.1 Å². The number of carboxylic acid groups (broad SMARTS) is 1. The van der Waals surface area contributed by atoms with Crippen LogP contribution >= 0.6 is 0 Å². The number of fused-ring (bicyclic) bond motifs is 1. The fraction of sp³-hybridized carbons (Fsp3) is 0.500. The predicted molar refractivity (Wildman–Crippen MR) is 79.1 cm³/mol. The molecule has 1 saturated carbocycles. The van der Waals surface area contributed by atoms with Crippen LogP contribution in [0.3, 0.4) is 0 Å². The second-order valence-electron chi connectivity index (χ2n) is 6.32. The molecular weight excluding hydrogens is 287 g/mol. The van der Waals surface area contributed by atoms with E-state index in [1.165, 1.54) is 18.2 Å². The first kappa shape index (κ1) is 14.8. The number of rotatable bonds is 2. The fourth-order valence-corrected chi connectivity index (χ4v) is 3.76. The Labute approximate surface area is 128 Å². The smallest absolute Gasteiger partial charge is 0.321 e. The summed E-state index contributed by atoms with van der Waals surface area (Å²) in [6, 6.07) is 3.85. The highest BCUT2D eigenvalue weighted by molar-refractivity contribution is 5.91. The normalized spacial score (nSPS) is 26.8. The van der Waals surface area contributed by atoms with E-state index in [1.807, 2.05) is 0 Å². The largest absolute Gasteiger partial charge is 0.481 e. The van der Waals surface area contributed by atoms with Gasteiger partial charge in [0.2, 0.25) is 0 Å². The summed E-state index contributed by atoms with van der Waals surface area (Å²) in [7, 11) is 0. The van der Waals surface area contributed by atoms with Gasteiger partial charge in [-0.05, 0) is 49.4 Å². The van der Waals surface area contributed by atoms with E-state index >= 15 is 0 Å². The Balaban J connectivity index is 1.73. The minimum Gasteiger partial charge on any atom is -0.481 e. The number of carbonyl (C=O) groups is 2. The Kier molecular flexibility index (Phi) is 3.54. The van der Waals surface area contributed by atoms with Crippen molar-refractivity contribution in [3.63, 3.8) is 0 Å². The van der Waals surface area contributed by atoms with Crippen molar-refractivity contribution in [1.82, 2.24) is 4.90 Å². The molecule has 5 nitrogen and oxygen atoms in total. The van der Waals surface area contributed by atoms with E-state index in [9.17, 15) is 19.1 Å². The third-order valence-corrected chi connectivity index (χ3v) is 5.01. The molecule has 2 amide bonds. The van der Waals surface area contributed by atoms with Gasteiger partial charge in [0.25, 0.3) is 0 Å². The number of nitrogens with one attached hydrogen (secondary N) is 1. The Bertz CT molecular complexity index is 634. The first-order valence-corrected chi connectivity index (χ1v) is 7.48. The molecule has 0 radical (unpaired) electrons. The molecule has 2 aliphatic rings. The molecule has 118 valence electrons. The molecule has 1 heterocycles. The Morgan fingerprint density at radius 2 is 2.23 bits per heavy atom. The summed E-state index contributed by atoms with van der Waals surface area (Å²) < 4.78 is 13.1. The van der Waals surface area contributed by atoms with Crippen LogP contribution in [-0.2, 0) is 4.79 Å². The molecule has 2 N–H and O–H groups in total. The molecule has 6 heteroatoms. The zero-order valence-electron chi connectivity index (χ0n) is 12.4.